The largest absolute Gasteiger partial charge is 1.00 e. The number of allylic oxidation sites excluding steroid dienone is 1. The summed E-state index contributed by atoms with van der Waals surface area (Å²) in [5.41, 5.74) is 0. The molecule has 0 bridgehead atoms. The maximum atomic E-state index is 8.93. The van der Waals surface area contributed by atoms with Crippen LogP contribution in [0.1, 0.15) is 7.43 Å². The Bertz CT molecular complexity index is 32.7. The quantitative estimate of drug-likeness (QED) is 0.399. The first-order chi connectivity index (χ1) is 1.91. The summed E-state index contributed by atoms with van der Waals surface area (Å²) in [6.07, 6.45) is 2.51. The van der Waals surface area contributed by atoms with Gasteiger partial charge in [-0.1, -0.05) is 7.43 Å². The van der Waals surface area contributed by atoms with Crippen LogP contribution in [0.4, 0.5) is 0 Å². The van der Waals surface area contributed by atoms with Crippen molar-refractivity contribution < 1.29 is 42.9 Å². The maximum absolute atomic E-state index is 8.93. The van der Waals surface area contributed by atoms with E-state index in [4.69, 9.17) is 4.79 Å². The van der Waals surface area contributed by atoms with Gasteiger partial charge in [-0.15, -0.1) is 0 Å². The van der Waals surface area contributed by atoms with Crippen molar-refractivity contribution in [3.8, 4) is 0 Å². The molecule has 3 heteroatoms. The van der Waals surface area contributed by atoms with Gasteiger partial charge in [0.15, 0.2) is 0 Å². The summed E-state index contributed by atoms with van der Waals surface area (Å²) in [6.45, 7) is 3.06. The molecule has 0 aliphatic carbocycles. The van der Waals surface area contributed by atoms with Crippen LogP contribution in [-0.4, -0.2) is 6.29 Å². The van der Waals surface area contributed by atoms with Crippen molar-refractivity contribution >= 4 is 6.29 Å². The predicted octanol–water partition coefficient (Wildman–Crippen LogP) is 0.913. The van der Waals surface area contributed by atoms with Crippen LogP contribution in [0.3, 0.4) is 0 Å². The normalized spacial score (nSPS) is 2.86. The van der Waals surface area contributed by atoms with Crippen LogP contribution in [0.5, 0.6) is 0 Å². The number of hydrogen-bond donors (Lipinski definition) is 0. The van der Waals surface area contributed by atoms with Gasteiger partial charge in [-0.05, 0) is 6.29 Å². The van der Waals surface area contributed by atoms with E-state index in [1.54, 1.807) is 0 Å². The van der Waals surface area contributed by atoms with Gasteiger partial charge in [0, 0.05) is 21.1 Å². The summed E-state index contributed by atoms with van der Waals surface area (Å²) >= 11 is 0. The molecule has 0 aromatic rings. The fourth-order valence-electron chi connectivity index (χ4n) is 0. The predicted molar refractivity (Wildman–Crippen MR) is 22.6 cm³/mol. The van der Waals surface area contributed by atoms with E-state index in [1.165, 1.54) is 6.29 Å². The summed E-state index contributed by atoms with van der Waals surface area (Å²) in [4.78, 5) is 8.93. The van der Waals surface area contributed by atoms with Crippen LogP contribution < -0.4 is 0 Å². The molecule has 0 amide bonds. The van der Waals surface area contributed by atoms with Crippen LogP contribution in [-0.2, 0) is 42.9 Å². The zero-order valence-electron chi connectivity index (χ0n) is 2.90. The molecule has 0 fully saturated rings. The van der Waals surface area contributed by atoms with Gasteiger partial charge in [-0.2, -0.15) is 0 Å². The zero-order chi connectivity index (χ0) is 3.41. The third kappa shape index (κ3) is 53.9. The first-order valence-corrected chi connectivity index (χ1v) is 0.901. The molecule has 0 saturated carbocycles. The molecule has 0 aromatic carbocycles. The number of carbonyl (C=O) groups excluding carboxylic acids is 1. The topological polar surface area (TPSA) is 17.1 Å². The van der Waals surface area contributed by atoms with Gasteiger partial charge in [0.05, 0.1) is 0 Å². The summed E-state index contributed by atoms with van der Waals surface area (Å²) < 4.78 is 0. The molecule has 0 rings (SSSR count). The number of hydrogen-bond acceptors (Lipinski definition) is 1. The fourth-order valence-corrected chi connectivity index (χ4v) is 0. The molecule has 7 heavy (non-hydrogen) atoms. The minimum absolute atomic E-state index is 0. The molecular weight excluding hydrogens is 311 g/mol. The van der Waals surface area contributed by atoms with Gasteiger partial charge in [-0.25, -0.2) is 12.7 Å². The van der Waals surface area contributed by atoms with Crippen LogP contribution >= 0.6 is 0 Å². The standard InChI is InChI=1S/C3H3O.CH4.Cu.W/c1-2-3-4;;;/h2H,1H2;1H4;;/q-1;;+1;. The molecule has 0 aliphatic rings. The minimum atomic E-state index is 0. The molecular formula is C4H7CuOW. The van der Waals surface area contributed by atoms with E-state index >= 15 is 0 Å². The summed E-state index contributed by atoms with van der Waals surface area (Å²) in [7, 11) is 0. The molecule has 0 radical (unpaired) electrons. The van der Waals surface area contributed by atoms with Crippen molar-refractivity contribution in [2.45, 2.75) is 7.43 Å². The van der Waals surface area contributed by atoms with Gasteiger partial charge in [0.1, 0.15) is 0 Å². The summed E-state index contributed by atoms with van der Waals surface area (Å²) in [5.74, 6) is 0. The molecule has 46 valence electrons. The molecule has 0 aromatic heterocycles. The fraction of sp³-hybridized carbons (Fsp3) is 0.250. The van der Waals surface area contributed by atoms with Gasteiger partial charge < -0.3 is 4.79 Å². The molecule has 0 unspecified atom stereocenters. The van der Waals surface area contributed by atoms with Crippen LogP contribution in [0.2, 0.25) is 0 Å². The Morgan fingerprint density at radius 2 is 1.71 bits per heavy atom. The van der Waals surface area contributed by atoms with E-state index in [-0.39, 0.29) is 45.6 Å². The second kappa shape index (κ2) is 30.5. The van der Waals surface area contributed by atoms with Crippen molar-refractivity contribution in [1.82, 2.24) is 0 Å². The van der Waals surface area contributed by atoms with Gasteiger partial charge >= 0.3 is 17.1 Å². The molecule has 0 aliphatic heterocycles. The van der Waals surface area contributed by atoms with Crippen LogP contribution in [0.25, 0.3) is 0 Å². The smallest absolute Gasteiger partial charge is 0.419 e. The Morgan fingerprint density at radius 1 is 1.57 bits per heavy atom. The van der Waals surface area contributed by atoms with Crippen LogP contribution in [0, 0.1) is 0 Å². The van der Waals surface area contributed by atoms with E-state index in [9.17, 15) is 0 Å². The number of rotatable bonds is 1. The summed E-state index contributed by atoms with van der Waals surface area (Å²) in [6, 6.07) is 0. The van der Waals surface area contributed by atoms with Gasteiger partial charge in [-0.3, -0.25) is 0 Å². The minimum Gasteiger partial charge on any atom is -0.419 e. The monoisotopic (exact) mass is 318 g/mol. The van der Waals surface area contributed by atoms with Gasteiger partial charge in [0.25, 0.3) is 0 Å². The second-order valence-electron chi connectivity index (χ2n) is 0.322. The molecule has 0 spiro atoms. The van der Waals surface area contributed by atoms with E-state index in [1.807, 2.05) is 0 Å². The average molecular weight is 318 g/mol. The summed E-state index contributed by atoms with van der Waals surface area (Å²) in [5, 5.41) is 0. The average Bonchev–Trinajstić information content (AvgIpc) is 1.37. The zero-order valence-corrected chi connectivity index (χ0v) is 6.78. The van der Waals surface area contributed by atoms with Crippen molar-refractivity contribution in [3.63, 3.8) is 0 Å². The van der Waals surface area contributed by atoms with Crippen molar-refractivity contribution in [2.24, 2.45) is 0 Å². The Hall–Kier alpha value is 0.618. The third-order valence-electron chi connectivity index (χ3n) is 0.0833. The first-order valence-electron chi connectivity index (χ1n) is 0.901. The molecule has 0 N–H and O–H groups in total. The van der Waals surface area contributed by atoms with Gasteiger partial charge in [0.2, 0.25) is 0 Å². The first kappa shape index (κ1) is 25.5. The molecule has 1 nitrogen and oxygen atoms in total. The molecule has 0 atom stereocenters. The van der Waals surface area contributed by atoms with Crippen molar-refractivity contribution in [3.05, 3.63) is 12.7 Å². The van der Waals surface area contributed by atoms with E-state index < -0.39 is 0 Å². The Morgan fingerprint density at radius 3 is 1.71 bits per heavy atom. The van der Waals surface area contributed by atoms with E-state index in [0.29, 0.717) is 0 Å². The third-order valence-corrected chi connectivity index (χ3v) is 0.0833. The Labute approximate surface area is 69.3 Å². The Balaban J connectivity index is -0.0000000150. The van der Waals surface area contributed by atoms with E-state index in [0.717, 1.165) is 6.08 Å². The maximum Gasteiger partial charge on any atom is 1.00 e. The molecule has 0 heterocycles. The van der Waals surface area contributed by atoms with Crippen LogP contribution in [0.15, 0.2) is 12.7 Å². The SMILES string of the molecule is C.C=C[C-]=O.[Cu+].[W]. The second-order valence-corrected chi connectivity index (χ2v) is 0.322. The van der Waals surface area contributed by atoms with E-state index in [2.05, 4.69) is 6.58 Å². The van der Waals surface area contributed by atoms with Crippen molar-refractivity contribution in [1.29, 1.82) is 0 Å². The van der Waals surface area contributed by atoms with Crippen molar-refractivity contribution in [2.75, 3.05) is 0 Å². The molecule has 0 saturated heterocycles. The Kier molecular flexibility index (Phi) is 111.